The summed E-state index contributed by atoms with van der Waals surface area (Å²) in [6.45, 7) is 3.55. The van der Waals surface area contributed by atoms with E-state index in [9.17, 15) is 14.9 Å². The molecule has 0 radical (unpaired) electrons. The second-order valence-corrected chi connectivity index (χ2v) is 5.92. The van der Waals surface area contributed by atoms with Crippen LogP contribution in [0.1, 0.15) is 5.56 Å². The minimum Gasteiger partial charge on any atom is -0.395 e. The summed E-state index contributed by atoms with van der Waals surface area (Å²) in [6.07, 6.45) is 1.97. The van der Waals surface area contributed by atoms with Gasteiger partial charge in [-0.05, 0) is 11.6 Å². The van der Waals surface area contributed by atoms with Crippen LogP contribution in [0.15, 0.2) is 24.4 Å². The van der Waals surface area contributed by atoms with Crippen molar-refractivity contribution in [3.8, 4) is 0 Å². The molecular formula is C16H20N4O4. The molecule has 1 aromatic carbocycles. The van der Waals surface area contributed by atoms with E-state index in [-0.39, 0.29) is 24.6 Å². The van der Waals surface area contributed by atoms with Gasteiger partial charge < -0.3 is 15.0 Å². The highest BCUT2D eigenvalue weighted by Crippen LogP contribution is 2.24. The number of benzene rings is 1. The van der Waals surface area contributed by atoms with Crippen molar-refractivity contribution < 1.29 is 14.8 Å². The Morgan fingerprint density at radius 2 is 2.04 bits per heavy atom. The normalized spacial score (nSPS) is 15.8. The van der Waals surface area contributed by atoms with Gasteiger partial charge in [0.15, 0.2) is 0 Å². The highest BCUT2D eigenvalue weighted by Gasteiger charge is 2.22. The van der Waals surface area contributed by atoms with Crippen molar-refractivity contribution in [2.45, 2.75) is 6.42 Å². The summed E-state index contributed by atoms with van der Waals surface area (Å²) in [4.78, 5) is 30.0. The minimum absolute atomic E-state index is 0.0195. The zero-order chi connectivity index (χ0) is 17.1. The average molecular weight is 332 g/mol. The number of nitro benzene ring substituents is 1. The number of fused-ring (bicyclic) bond motifs is 1. The quantitative estimate of drug-likeness (QED) is 0.621. The molecule has 128 valence electrons. The number of nitro groups is 1. The molecule has 1 fully saturated rings. The number of hydrogen-bond acceptors (Lipinski definition) is 5. The molecule has 8 heteroatoms. The van der Waals surface area contributed by atoms with Gasteiger partial charge in [0, 0.05) is 62.0 Å². The maximum atomic E-state index is 12.5. The van der Waals surface area contributed by atoms with Crippen molar-refractivity contribution >= 4 is 22.5 Å². The minimum atomic E-state index is -0.432. The third-order valence-electron chi connectivity index (χ3n) is 4.44. The molecule has 1 aromatic heterocycles. The Morgan fingerprint density at radius 1 is 1.29 bits per heavy atom. The van der Waals surface area contributed by atoms with E-state index in [1.54, 1.807) is 12.3 Å². The second-order valence-electron chi connectivity index (χ2n) is 5.92. The highest BCUT2D eigenvalue weighted by atomic mass is 16.6. The summed E-state index contributed by atoms with van der Waals surface area (Å²) in [5.41, 5.74) is 1.58. The number of hydrogen-bond donors (Lipinski definition) is 2. The molecule has 0 unspecified atom stereocenters. The first-order chi connectivity index (χ1) is 11.6. The Hall–Kier alpha value is -2.45. The molecule has 8 nitrogen and oxygen atoms in total. The number of aromatic nitrogens is 1. The summed E-state index contributed by atoms with van der Waals surface area (Å²) in [5.74, 6) is 0.0195. The molecule has 0 atom stereocenters. The number of carbonyl (C=O) groups excluding carboxylic acids is 1. The van der Waals surface area contributed by atoms with E-state index in [2.05, 4.69) is 9.88 Å². The van der Waals surface area contributed by atoms with Crippen LogP contribution in [0.3, 0.4) is 0 Å². The Morgan fingerprint density at radius 3 is 2.71 bits per heavy atom. The molecule has 1 aliphatic rings. The van der Waals surface area contributed by atoms with Gasteiger partial charge in [0.05, 0.1) is 18.0 Å². The lowest BCUT2D eigenvalue weighted by Gasteiger charge is -2.34. The number of aliphatic hydroxyl groups excluding tert-OH is 1. The van der Waals surface area contributed by atoms with Crippen LogP contribution in [0, 0.1) is 10.1 Å². The smallest absolute Gasteiger partial charge is 0.270 e. The molecule has 2 aromatic rings. The van der Waals surface area contributed by atoms with Gasteiger partial charge in [-0.1, -0.05) is 0 Å². The van der Waals surface area contributed by atoms with Crippen molar-refractivity contribution in [1.82, 2.24) is 14.8 Å². The van der Waals surface area contributed by atoms with Crippen molar-refractivity contribution in [3.05, 3.63) is 40.1 Å². The Labute approximate surface area is 138 Å². The van der Waals surface area contributed by atoms with Gasteiger partial charge in [0.25, 0.3) is 5.69 Å². The van der Waals surface area contributed by atoms with Gasteiger partial charge >= 0.3 is 0 Å². The topological polar surface area (TPSA) is 103 Å². The van der Waals surface area contributed by atoms with Crippen LogP contribution in [0.25, 0.3) is 10.9 Å². The van der Waals surface area contributed by atoms with Crippen LogP contribution in [-0.2, 0) is 11.2 Å². The maximum absolute atomic E-state index is 12.5. The zero-order valence-corrected chi connectivity index (χ0v) is 13.3. The SMILES string of the molecule is O=C(Cc1c[nH]c2ccc([N+](=O)[O-])cc12)N1CCN(CCO)CC1. The molecule has 0 bridgehead atoms. The lowest BCUT2D eigenvalue weighted by Crippen LogP contribution is -2.49. The highest BCUT2D eigenvalue weighted by molar-refractivity contribution is 5.90. The van der Waals surface area contributed by atoms with Gasteiger partial charge in [-0.15, -0.1) is 0 Å². The first-order valence-corrected chi connectivity index (χ1v) is 7.94. The summed E-state index contributed by atoms with van der Waals surface area (Å²) in [5, 5.41) is 20.6. The number of carbonyl (C=O) groups is 1. The third-order valence-corrected chi connectivity index (χ3v) is 4.44. The fourth-order valence-corrected chi connectivity index (χ4v) is 3.06. The molecule has 0 aliphatic carbocycles. The van der Waals surface area contributed by atoms with Crippen LogP contribution in [0.5, 0.6) is 0 Å². The average Bonchev–Trinajstić information content (AvgIpc) is 2.98. The number of non-ortho nitro benzene ring substituents is 1. The lowest BCUT2D eigenvalue weighted by atomic mass is 10.1. The number of rotatable bonds is 5. The monoisotopic (exact) mass is 332 g/mol. The molecule has 1 aliphatic heterocycles. The predicted molar refractivity (Wildman–Crippen MR) is 88.8 cm³/mol. The summed E-state index contributed by atoms with van der Waals surface area (Å²) < 4.78 is 0. The fraction of sp³-hybridized carbons (Fsp3) is 0.438. The van der Waals surface area contributed by atoms with E-state index >= 15 is 0 Å². The second kappa shape index (κ2) is 6.98. The number of amides is 1. The number of H-pyrrole nitrogens is 1. The number of β-amino-alcohol motifs (C(OH)–C–C–N with tert-alkyl or cyclic N) is 1. The molecular weight excluding hydrogens is 312 g/mol. The number of nitrogens with one attached hydrogen (secondary N) is 1. The number of aromatic amines is 1. The van der Waals surface area contributed by atoms with E-state index < -0.39 is 4.92 Å². The molecule has 3 rings (SSSR count). The standard InChI is InChI=1S/C16H20N4O4/c21-8-7-18-3-5-19(6-4-18)16(22)9-12-11-17-15-2-1-13(20(23)24)10-14(12)15/h1-2,10-11,17,21H,3-9H2. The number of nitrogens with zero attached hydrogens (tertiary/aromatic N) is 3. The molecule has 2 N–H and O–H groups in total. The van der Waals surface area contributed by atoms with Crippen LogP contribution >= 0.6 is 0 Å². The van der Waals surface area contributed by atoms with E-state index in [4.69, 9.17) is 5.11 Å². The Kier molecular flexibility index (Phi) is 4.77. The summed E-state index contributed by atoms with van der Waals surface area (Å²) in [7, 11) is 0. The van der Waals surface area contributed by atoms with Crippen LogP contribution in [-0.4, -0.2) is 70.1 Å². The van der Waals surface area contributed by atoms with Crippen LogP contribution < -0.4 is 0 Å². The van der Waals surface area contributed by atoms with E-state index in [1.807, 2.05) is 4.90 Å². The first-order valence-electron chi connectivity index (χ1n) is 7.94. The van der Waals surface area contributed by atoms with Gasteiger partial charge in [-0.3, -0.25) is 19.8 Å². The molecule has 1 amide bonds. The van der Waals surface area contributed by atoms with Crippen molar-refractivity contribution in [3.63, 3.8) is 0 Å². The number of piperazine rings is 1. The van der Waals surface area contributed by atoms with Crippen molar-refractivity contribution in [2.75, 3.05) is 39.3 Å². The molecule has 1 saturated heterocycles. The van der Waals surface area contributed by atoms with E-state index in [0.717, 1.165) is 29.6 Å². The summed E-state index contributed by atoms with van der Waals surface area (Å²) >= 11 is 0. The molecule has 2 heterocycles. The summed E-state index contributed by atoms with van der Waals surface area (Å²) in [6, 6.07) is 4.62. The van der Waals surface area contributed by atoms with Crippen LogP contribution in [0.4, 0.5) is 5.69 Å². The first kappa shape index (κ1) is 16.4. The van der Waals surface area contributed by atoms with Crippen molar-refractivity contribution in [2.24, 2.45) is 0 Å². The maximum Gasteiger partial charge on any atom is 0.270 e. The predicted octanol–water partition coefficient (Wildman–Crippen LogP) is 0.755. The van der Waals surface area contributed by atoms with Gasteiger partial charge in [-0.25, -0.2) is 0 Å². The van der Waals surface area contributed by atoms with E-state index in [1.165, 1.54) is 12.1 Å². The zero-order valence-electron chi connectivity index (χ0n) is 13.3. The third kappa shape index (κ3) is 3.39. The van der Waals surface area contributed by atoms with Crippen molar-refractivity contribution in [1.29, 1.82) is 0 Å². The Balaban J connectivity index is 1.69. The molecule has 24 heavy (non-hydrogen) atoms. The van der Waals surface area contributed by atoms with Gasteiger partial charge in [0.1, 0.15) is 0 Å². The number of aliphatic hydroxyl groups is 1. The van der Waals surface area contributed by atoms with Gasteiger partial charge in [-0.2, -0.15) is 0 Å². The Bertz CT molecular complexity index is 750. The fourth-order valence-electron chi connectivity index (χ4n) is 3.06. The molecule has 0 saturated carbocycles. The molecule has 0 spiro atoms. The lowest BCUT2D eigenvalue weighted by molar-refractivity contribution is -0.384. The van der Waals surface area contributed by atoms with Gasteiger partial charge in [0.2, 0.25) is 5.91 Å². The van der Waals surface area contributed by atoms with E-state index in [0.29, 0.717) is 19.6 Å². The largest absolute Gasteiger partial charge is 0.395 e. The van der Waals surface area contributed by atoms with Crippen LogP contribution in [0.2, 0.25) is 0 Å².